The van der Waals surface area contributed by atoms with Crippen molar-refractivity contribution >= 4 is 18.2 Å². The zero-order chi connectivity index (χ0) is 12.6. The van der Waals surface area contributed by atoms with Crippen LogP contribution in [0.15, 0.2) is 17.1 Å². The highest BCUT2D eigenvalue weighted by Gasteiger charge is 2.45. The van der Waals surface area contributed by atoms with Crippen molar-refractivity contribution in [3.05, 3.63) is 22.7 Å². The zero-order valence-electron chi connectivity index (χ0n) is 9.14. The first-order valence-electron chi connectivity index (χ1n) is 4.97. The largest absolute Gasteiger partial charge is 0.394 e. The van der Waals surface area contributed by atoms with E-state index < -0.39 is 36.9 Å². The standard InChI is InChI=1S/C9H12FN3O4.ClH/c10-6-7(15)4(3-14)17-8(6)13-2-1-5(11)12-9(13)16;/h1-2,4,6-8,14-15H,3H2,(H2,11,12,16);1H. The second kappa shape index (κ2) is 5.61. The molecule has 7 nitrogen and oxygen atoms in total. The summed E-state index contributed by atoms with van der Waals surface area (Å²) in [6, 6.07) is 1.32. The molecule has 102 valence electrons. The second-order valence-electron chi connectivity index (χ2n) is 3.72. The number of hydrogen-bond donors (Lipinski definition) is 3. The van der Waals surface area contributed by atoms with Crippen LogP contribution in [0.4, 0.5) is 10.2 Å². The minimum Gasteiger partial charge on any atom is -0.394 e. The summed E-state index contributed by atoms with van der Waals surface area (Å²) in [4.78, 5) is 14.9. The van der Waals surface area contributed by atoms with Crippen molar-refractivity contribution in [2.45, 2.75) is 24.6 Å². The minimum absolute atomic E-state index is 0. The molecule has 4 atom stereocenters. The average Bonchev–Trinajstić information content (AvgIpc) is 2.57. The molecular formula is C9H13ClFN3O4. The third-order valence-corrected chi connectivity index (χ3v) is 2.60. The molecule has 0 aliphatic carbocycles. The number of nitrogen functional groups attached to an aromatic ring is 1. The summed E-state index contributed by atoms with van der Waals surface area (Å²) in [5, 5.41) is 18.3. The Bertz CT molecular complexity index is 471. The van der Waals surface area contributed by atoms with Gasteiger partial charge in [-0.3, -0.25) is 4.57 Å². The Labute approximate surface area is 107 Å². The van der Waals surface area contributed by atoms with Gasteiger partial charge in [0.25, 0.3) is 0 Å². The maximum absolute atomic E-state index is 13.7. The fraction of sp³-hybridized carbons (Fsp3) is 0.556. The van der Waals surface area contributed by atoms with Crippen molar-refractivity contribution in [2.75, 3.05) is 12.3 Å². The van der Waals surface area contributed by atoms with Crippen molar-refractivity contribution in [3.8, 4) is 0 Å². The molecule has 4 N–H and O–H groups in total. The molecule has 0 saturated carbocycles. The number of aliphatic hydroxyl groups excluding tert-OH is 2. The number of anilines is 1. The lowest BCUT2D eigenvalue weighted by Gasteiger charge is -2.15. The Morgan fingerprint density at radius 1 is 1.61 bits per heavy atom. The first-order chi connectivity index (χ1) is 8.04. The fourth-order valence-electron chi connectivity index (χ4n) is 1.70. The molecule has 2 rings (SSSR count). The van der Waals surface area contributed by atoms with Gasteiger partial charge in [0.2, 0.25) is 0 Å². The summed E-state index contributed by atoms with van der Waals surface area (Å²) < 4.78 is 19.6. The molecule has 18 heavy (non-hydrogen) atoms. The summed E-state index contributed by atoms with van der Waals surface area (Å²) in [5.41, 5.74) is 4.52. The monoisotopic (exact) mass is 281 g/mol. The maximum atomic E-state index is 13.7. The number of aliphatic hydroxyl groups is 2. The Kier molecular flexibility index (Phi) is 4.63. The van der Waals surface area contributed by atoms with Gasteiger partial charge in [-0.1, -0.05) is 0 Å². The Balaban J connectivity index is 0.00000162. The lowest BCUT2D eigenvalue weighted by molar-refractivity contribution is -0.0490. The molecule has 4 unspecified atom stereocenters. The van der Waals surface area contributed by atoms with Crippen LogP contribution in [0.5, 0.6) is 0 Å². The smallest absolute Gasteiger partial charge is 0.351 e. The average molecular weight is 282 g/mol. The molecule has 9 heteroatoms. The van der Waals surface area contributed by atoms with E-state index in [0.29, 0.717) is 0 Å². The molecule has 1 aromatic rings. The molecule has 0 aromatic carbocycles. The summed E-state index contributed by atoms with van der Waals surface area (Å²) in [6.07, 6.45) is -4.42. The highest BCUT2D eigenvalue weighted by molar-refractivity contribution is 5.85. The molecule has 0 spiro atoms. The van der Waals surface area contributed by atoms with E-state index in [1.807, 2.05) is 0 Å². The van der Waals surface area contributed by atoms with Gasteiger partial charge >= 0.3 is 5.69 Å². The van der Waals surface area contributed by atoms with Gasteiger partial charge in [0.05, 0.1) is 6.61 Å². The van der Waals surface area contributed by atoms with Gasteiger partial charge in [-0.15, -0.1) is 12.4 Å². The van der Waals surface area contributed by atoms with Crippen LogP contribution in [0.2, 0.25) is 0 Å². The van der Waals surface area contributed by atoms with Gasteiger partial charge in [0.15, 0.2) is 12.4 Å². The molecule has 0 amide bonds. The third kappa shape index (κ3) is 2.46. The minimum atomic E-state index is -1.81. The summed E-state index contributed by atoms with van der Waals surface area (Å²) >= 11 is 0. The van der Waals surface area contributed by atoms with E-state index >= 15 is 0 Å². The van der Waals surface area contributed by atoms with E-state index in [9.17, 15) is 14.3 Å². The summed E-state index contributed by atoms with van der Waals surface area (Å²) in [6.45, 7) is -0.533. The number of nitrogens with zero attached hydrogens (tertiary/aromatic N) is 2. The number of halogens is 2. The lowest BCUT2D eigenvalue weighted by Crippen LogP contribution is -2.33. The van der Waals surface area contributed by atoms with Gasteiger partial charge in [-0.25, -0.2) is 9.18 Å². The lowest BCUT2D eigenvalue weighted by atomic mass is 10.1. The molecule has 1 aliphatic rings. The van der Waals surface area contributed by atoms with E-state index in [0.717, 1.165) is 4.57 Å². The Hall–Kier alpha value is -1.22. The molecule has 1 fully saturated rings. The van der Waals surface area contributed by atoms with Crippen molar-refractivity contribution < 1.29 is 19.3 Å². The number of alkyl halides is 1. The molecule has 1 saturated heterocycles. The number of hydrogen-bond acceptors (Lipinski definition) is 6. The zero-order valence-corrected chi connectivity index (χ0v) is 9.96. The number of aromatic nitrogens is 2. The molecule has 0 bridgehead atoms. The Morgan fingerprint density at radius 2 is 2.28 bits per heavy atom. The van der Waals surface area contributed by atoms with Crippen molar-refractivity contribution in [2.24, 2.45) is 0 Å². The van der Waals surface area contributed by atoms with Crippen LogP contribution in [-0.4, -0.2) is 44.8 Å². The van der Waals surface area contributed by atoms with E-state index in [1.165, 1.54) is 12.3 Å². The fourth-order valence-corrected chi connectivity index (χ4v) is 1.70. The Morgan fingerprint density at radius 3 is 2.78 bits per heavy atom. The molecule has 1 aliphatic heterocycles. The normalized spacial score (nSPS) is 31.1. The van der Waals surface area contributed by atoms with Gasteiger partial charge in [-0.2, -0.15) is 4.98 Å². The number of ether oxygens (including phenoxy) is 1. The highest BCUT2D eigenvalue weighted by Crippen LogP contribution is 2.30. The molecule has 0 radical (unpaired) electrons. The quantitative estimate of drug-likeness (QED) is 0.630. The molecule has 1 aromatic heterocycles. The predicted octanol–water partition coefficient (Wildman–Crippen LogP) is -1.16. The van der Waals surface area contributed by atoms with Crippen LogP contribution in [-0.2, 0) is 4.74 Å². The first kappa shape index (κ1) is 14.8. The van der Waals surface area contributed by atoms with Crippen LogP contribution >= 0.6 is 12.4 Å². The van der Waals surface area contributed by atoms with Gasteiger partial charge in [0, 0.05) is 6.20 Å². The van der Waals surface area contributed by atoms with Crippen LogP contribution in [0.25, 0.3) is 0 Å². The maximum Gasteiger partial charge on any atom is 0.351 e. The van der Waals surface area contributed by atoms with Crippen LogP contribution in [0.1, 0.15) is 6.23 Å². The van der Waals surface area contributed by atoms with E-state index in [1.54, 1.807) is 0 Å². The van der Waals surface area contributed by atoms with E-state index in [4.69, 9.17) is 15.6 Å². The molecular weight excluding hydrogens is 269 g/mol. The highest BCUT2D eigenvalue weighted by atomic mass is 35.5. The van der Waals surface area contributed by atoms with Crippen molar-refractivity contribution in [3.63, 3.8) is 0 Å². The van der Waals surface area contributed by atoms with Crippen molar-refractivity contribution in [1.29, 1.82) is 0 Å². The van der Waals surface area contributed by atoms with Crippen molar-refractivity contribution in [1.82, 2.24) is 9.55 Å². The third-order valence-electron chi connectivity index (χ3n) is 2.60. The topological polar surface area (TPSA) is 111 Å². The van der Waals surface area contributed by atoms with Crippen LogP contribution in [0.3, 0.4) is 0 Å². The summed E-state index contributed by atoms with van der Waals surface area (Å²) in [7, 11) is 0. The number of nitrogens with two attached hydrogens (primary N) is 1. The van der Waals surface area contributed by atoms with Gasteiger partial charge < -0.3 is 20.7 Å². The first-order valence-corrected chi connectivity index (χ1v) is 4.97. The number of rotatable bonds is 2. The van der Waals surface area contributed by atoms with Gasteiger partial charge in [-0.05, 0) is 6.07 Å². The van der Waals surface area contributed by atoms with Crippen LogP contribution in [0, 0.1) is 0 Å². The second-order valence-corrected chi connectivity index (χ2v) is 3.72. The summed E-state index contributed by atoms with van der Waals surface area (Å²) in [5.74, 6) is 0.0129. The van der Waals surface area contributed by atoms with Gasteiger partial charge in [0.1, 0.15) is 18.0 Å². The van der Waals surface area contributed by atoms with Crippen LogP contribution < -0.4 is 11.4 Å². The van der Waals surface area contributed by atoms with E-state index in [2.05, 4.69) is 4.98 Å². The van der Waals surface area contributed by atoms with E-state index in [-0.39, 0.29) is 18.2 Å². The molecule has 2 heterocycles. The predicted molar refractivity (Wildman–Crippen MR) is 62.1 cm³/mol. The SMILES string of the molecule is Cl.Nc1ccn(C2OC(CO)C(O)C2F)c(=O)n1.